The number of rotatable bonds is 14. The molecule has 3 aromatic carbocycles. The third-order valence-corrected chi connectivity index (χ3v) is 7.80. The number of aliphatic hydroxyl groups excluding tert-OH is 1. The van der Waals surface area contributed by atoms with Gasteiger partial charge in [0, 0.05) is 36.9 Å². The predicted molar refractivity (Wildman–Crippen MR) is 178 cm³/mol. The fourth-order valence-corrected chi connectivity index (χ4v) is 5.28. The van der Waals surface area contributed by atoms with Crippen LogP contribution < -0.4 is 19.3 Å². The summed E-state index contributed by atoms with van der Waals surface area (Å²) in [5, 5.41) is 23.2. The van der Waals surface area contributed by atoms with E-state index in [1.54, 1.807) is 18.3 Å². The Hall–Kier alpha value is -5.48. The van der Waals surface area contributed by atoms with Crippen molar-refractivity contribution < 1.29 is 19.5 Å². The fourth-order valence-electron chi connectivity index (χ4n) is 5.28. The largest absolute Gasteiger partial charge is 0.493 e. The monoisotopic (exact) mass is 619 g/mol. The topological polar surface area (TPSA) is 114 Å². The number of hydrogen-bond donors (Lipinski definition) is 1. The summed E-state index contributed by atoms with van der Waals surface area (Å²) in [6, 6.07) is 30.4. The van der Waals surface area contributed by atoms with Crippen molar-refractivity contribution >= 4 is 17.1 Å². The summed E-state index contributed by atoms with van der Waals surface area (Å²) in [4.78, 5) is 25.0. The molecule has 2 aromatic heterocycles. The van der Waals surface area contributed by atoms with Crippen molar-refractivity contribution in [3.63, 3.8) is 0 Å². The highest BCUT2D eigenvalue weighted by atomic mass is 16.6. The zero-order chi connectivity index (χ0) is 32.5. The Kier molecular flexibility index (Phi) is 10.4. The van der Waals surface area contributed by atoms with Gasteiger partial charge in [-0.1, -0.05) is 42.0 Å². The number of aryl methyl sites for hydroxylation is 1. The van der Waals surface area contributed by atoms with Crippen LogP contribution in [0.4, 0.5) is 17.1 Å². The SMILES string of the molecule is COc1cc(C(O)c2ccc(N(CCN(Cc3ccccn3)c3ccc(C)cc3)Cc3ccccn3)cc2)c([N+](=O)[O-])cc1OC. The number of aliphatic hydroxyl groups is 1. The van der Waals surface area contributed by atoms with Crippen molar-refractivity contribution in [1.29, 1.82) is 0 Å². The molecule has 46 heavy (non-hydrogen) atoms. The molecule has 0 aliphatic carbocycles. The Morgan fingerprint density at radius 1 is 0.761 bits per heavy atom. The molecule has 10 heteroatoms. The van der Waals surface area contributed by atoms with Crippen molar-refractivity contribution in [2.24, 2.45) is 0 Å². The van der Waals surface area contributed by atoms with E-state index in [-0.39, 0.29) is 17.0 Å². The smallest absolute Gasteiger partial charge is 0.279 e. The molecule has 10 nitrogen and oxygen atoms in total. The summed E-state index contributed by atoms with van der Waals surface area (Å²) in [7, 11) is 2.85. The average Bonchev–Trinajstić information content (AvgIpc) is 3.09. The lowest BCUT2D eigenvalue weighted by atomic mass is 9.99. The molecule has 236 valence electrons. The molecule has 1 unspecified atom stereocenters. The summed E-state index contributed by atoms with van der Waals surface area (Å²) in [5.41, 5.74) is 5.47. The maximum atomic E-state index is 11.9. The summed E-state index contributed by atoms with van der Waals surface area (Å²) in [6.07, 6.45) is 2.33. The average molecular weight is 620 g/mol. The minimum Gasteiger partial charge on any atom is -0.493 e. The van der Waals surface area contributed by atoms with Gasteiger partial charge in [0.15, 0.2) is 11.5 Å². The van der Waals surface area contributed by atoms with Crippen LogP contribution in [-0.2, 0) is 13.1 Å². The molecule has 0 spiro atoms. The summed E-state index contributed by atoms with van der Waals surface area (Å²) in [6.45, 7) is 4.66. The first kappa shape index (κ1) is 31.9. The molecule has 0 radical (unpaired) electrons. The molecule has 2 heterocycles. The molecule has 1 atom stereocenters. The third kappa shape index (κ3) is 7.77. The highest BCUT2D eigenvalue weighted by Gasteiger charge is 2.26. The zero-order valence-corrected chi connectivity index (χ0v) is 26.1. The minimum absolute atomic E-state index is 0.115. The van der Waals surface area contributed by atoms with Crippen molar-refractivity contribution in [1.82, 2.24) is 9.97 Å². The lowest BCUT2D eigenvalue weighted by molar-refractivity contribution is -0.386. The van der Waals surface area contributed by atoms with Crippen LogP contribution in [0.25, 0.3) is 0 Å². The van der Waals surface area contributed by atoms with Gasteiger partial charge in [-0.05, 0) is 67.1 Å². The van der Waals surface area contributed by atoms with Gasteiger partial charge in [-0.15, -0.1) is 0 Å². The molecule has 0 aliphatic rings. The quantitative estimate of drug-likeness (QED) is 0.110. The zero-order valence-electron chi connectivity index (χ0n) is 26.1. The van der Waals surface area contributed by atoms with Crippen molar-refractivity contribution in [3.05, 3.63) is 148 Å². The minimum atomic E-state index is -1.26. The Morgan fingerprint density at radius 3 is 1.72 bits per heavy atom. The first-order chi connectivity index (χ1) is 22.4. The van der Waals surface area contributed by atoms with Crippen molar-refractivity contribution in [2.75, 3.05) is 37.1 Å². The molecular formula is C36H37N5O5. The number of ether oxygens (including phenoxy) is 2. The van der Waals surface area contributed by atoms with E-state index in [1.165, 1.54) is 31.9 Å². The van der Waals surface area contributed by atoms with Crippen LogP contribution in [0.5, 0.6) is 11.5 Å². The predicted octanol–water partition coefficient (Wildman–Crippen LogP) is 6.51. The summed E-state index contributed by atoms with van der Waals surface area (Å²) < 4.78 is 10.6. The van der Waals surface area contributed by atoms with E-state index in [4.69, 9.17) is 9.47 Å². The van der Waals surface area contributed by atoms with Gasteiger partial charge in [0.2, 0.25) is 0 Å². The van der Waals surface area contributed by atoms with Gasteiger partial charge in [-0.2, -0.15) is 0 Å². The van der Waals surface area contributed by atoms with Crippen molar-refractivity contribution in [2.45, 2.75) is 26.1 Å². The second-order valence-corrected chi connectivity index (χ2v) is 10.8. The summed E-state index contributed by atoms with van der Waals surface area (Å²) >= 11 is 0. The summed E-state index contributed by atoms with van der Waals surface area (Å²) in [5.74, 6) is 0.512. The van der Waals surface area contributed by atoms with Gasteiger partial charge >= 0.3 is 0 Å². The van der Waals surface area contributed by atoms with E-state index in [0.717, 1.165) is 22.8 Å². The van der Waals surface area contributed by atoms with Gasteiger partial charge in [0.25, 0.3) is 5.69 Å². The van der Waals surface area contributed by atoms with Crippen LogP contribution in [0.15, 0.2) is 109 Å². The second-order valence-electron chi connectivity index (χ2n) is 10.8. The molecule has 0 saturated carbocycles. The first-order valence-electron chi connectivity index (χ1n) is 14.9. The van der Waals surface area contributed by atoms with Crippen LogP contribution in [0.2, 0.25) is 0 Å². The number of nitro groups is 1. The molecule has 0 fully saturated rings. The van der Waals surface area contributed by atoms with Crippen LogP contribution in [0.1, 0.15) is 34.2 Å². The van der Waals surface area contributed by atoms with Crippen LogP contribution in [-0.4, -0.2) is 47.3 Å². The first-order valence-corrected chi connectivity index (χ1v) is 14.9. The number of methoxy groups -OCH3 is 2. The third-order valence-electron chi connectivity index (χ3n) is 7.80. The second kappa shape index (κ2) is 15.0. The number of pyridine rings is 2. The van der Waals surface area contributed by atoms with E-state index < -0.39 is 11.0 Å². The lowest BCUT2D eigenvalue weighted by Gasteiger charge is -2.30. The maximum Gasteiger partial charge on any atom is 0.279 e. The van der Waals surface area contributed by atoms with E-state index in [1.807, 2.05) is 54.7 Å². The number of nitro benzene ring substituents is 1. The van der Waals surface area contributed by atoms with Gasteiger partial charge in [0.05, 0.1) is 55.3 Å². The van der Waals surface area contributed by atoms with E-state index in [0.29, 0.717) is 37.5 Å². The molecule has 1 N–H and O–H groups in total. The molecule has 5 aromatic rings. The fraction of sp³-hybridized carbons (Fsp3) is 0.222. The van der Waals surface area contributed by atoms with Crippen molar-refractivity contribution in [3.8, 4) is 11.5 Å². The lowest BCUT2D eigenvalue weighted by Crippen LogP contribution is -2.35. The Bertz CT molecular complexity index is 1720. The number of aromatic nitrogens is 2. The molecule has 0 bridgehead atoms. The number of anilines is 2. The standard InChI is InChI=1S/C36H37N5O5/c1-26-10-14-30(15-11-26)39(24-28-8-4-6-18-37-28)20-21-40(25-29-9-5-7-19-38-29)31-16-12-27(13-17-31)36(42)32-22-34(45-2)35(46-3)23-33(32)41(43)44/h4-19,22-23,36,42H,20-21,24-25H2,1-3H3. The molecule has 0 amide bonds. The van der Waals surface area contributed by atoms with E-state index >= 15 is 0 Å². The van der Waals surface area contributed by atoms with Crippen LogP contribution in [0, 0.1) is 17.0 Å². The Labute approximate surface area is 268 Å². The van der Waals surface area contributed by atoms with Crippen LogP contribution in [0.3, 0.4) is 0 Å². The van der Waals surface area contributed by atoms with Gasteiger partial charge in [-0.3, -0.25) is 20.1 Å². The number of nitrogens with zero attached hydrogens (tertiary/aromatic N) is 5. The molecule has 5 rings (SSSR count). The normalized spacial score (nSPS) is 11.5. The van der Waals surface area contributed by atoms with Gasteiger partial charge < -0.3 is 24.4 Å². The Balaban J connectivity index is 1.42. The number of hydrogen-bond acceptors (Lipinski definition) is 9. The van der Waals surface area contributed by atoms with E-state index in [2.05, 4.69) is 51.0 Å². The highest BCUT2D eigenvalue weighted by molar-refractivity contribution is 5.58. The Morgan fingerprint density at radius 2 is 1.26 bits per heavy atom. The van der Waals surface area contributed by atoms with E-state index in [9.17, 15) is 15.2 Å². The molecule has 0 saturated heterocycles. The van der Waals surface area contributed by atoms with Crippen LogP contribution >= 0.6 is 0 Å². The highest BCUT2D eigenvalue weighted by Crippen LogP contribution is 2.39. The van der Waals surface area contributed by atoms with Gasteiger partial charge in [0.1, 0.15) is 6.10 Å². The molecular weight excluding hydrogens is 582 g/mol. The maximum absolute atomic E-state index is 11.9. The molecule has 0 aliphatic heterocycles. The number of benzene rings is 3. The van der Waals surface area contributed by atoms with Gasteiger partial charge in [-0.25, -0.2) is 0 Å².